The molecule has 0 unspecified atom stereocenters. The van der Waals surface area contributed by atoms with Gasteiger partial charge in [-0.25, -0.2) is 0 Å². The van der Waals surface area contributed by atoms with Crippen LogP contribution in [0.15, 0.2) is 58.8 Å². The van der Waals surface area contributed by atoms with E-state index in [4.69, 9.17) is 0 Å². The second-order valence-corrected chi connectivity index (χ2v) is 6.30. The Labute approximate surface area is 130 Å². The Kier molecular flexibility index (Phi) is 2.96. The fourth-order valence-corrected chi connectivity index (χ4v) is 3.71. The van der Waals surface area contributed by atoms with E-state index in [-0.39, 0.29) is 11.7 Å². The summed E-state index contributed by atoms with van der Waals surface area (Å²) in [5.74, 6) is 0.204. The summed E-state index contributed by atoms with van der Waals surface area (Å²) in [5.41, 5.74) is 3.67. The van der Waals surface area contributed by atoms with E-state index >= 15 is 0 Å². The van der Waals surface area contributed by atoms with Gasteiger partial charge in [-0.05, 0) is 30.9 Å². The van der Waals surface area contributed by atoms with Crippen LogP contribution in [0.3, 0.4) is 0 Å². The fraction of sp³-hybridized carbons (Fsp3) is 0.316. The van der Waals surface area contributed by atoms with E-state index in [0.717, 1.165) is 24.0 Å². The van der Waals surface area contributed by atoms with Crippen molar-refractivity contribution in [3.63, 3.8) is 0 Å². The van der Waals surface area contributed by atoms with Crippen molar-refractivity contribution in [1.82, 2.24) is 0 Å². The first kappa shape index (κ1) is 13.4. The van der Waals surface area contributed by atoms with Gasteiger partial charge in [0.1, 0.15) is 0 Å². The molecule has 0 saturated carbocycles. The third-order valence-corrected chi connectivity index (χ3v) is 5.00. The Morgan fingerprint density at radius 3 is 2.68 bits per heavy atom. The van der Waals surface area contributed by atoms with Crippen molar-refractivity contribution in [1.29, 1.82) is 0 Å². The number of rotatable bonds is 1. The monoisotopic (exact) mass is 290 g/mol. The quantitative estimate of drug-likeness (QED) is 0.779. The molecule has 0 saturated heterocycles. The lowest BCUT2D eigenvalue weighted by atomic mass is 9.68. The minimum absolute atomic E-state index is 0.0638. The van der Waals surface area contributed by atoms with Gasteiger partial charge in [0.05, 0.1) is 6.54 Å². The standard InChI is InChI=1S/C19H18N2O/c1-13-6-8-15(9-7-13)17-12-20-21-19(17)11-10-14-4-2-3-5-16(14)18(19)22/h2-9,17H,10-12H2,1H3/t17-,19+/m1/s1. The number of aryl methyl sites for hydroxylation is 2. The maximum Gasteiger partial charge on any atom is 0.193 e. The summed E-state index contributed by atoms with van der Waals surface area (Å²) in [7, 11) is 0. The Balaban J connectivity index is 1.78. The van der Waals surface area contributed by atoms with Crippen molar-refractivity contribution in [2.75, 3.05) is 6.54 Å². The van der Waals surface area contributed by atoms with Gasteiger partial charge < -0.3 is 0 Å². The van der Waals surface area contributed by atoms with Crippen molar-refractivity contribution in [3.8, 4) is 0 Å². The number of carbonyl (C=O) groups is 1. The van der Waals surface area contributed by atoms with Crippen LogP contribution >= 0.6 is 0 Å². The lowest BCUT2D eigenvalue weighted by Gasteiger charge is -2.34. The molecule has 3 heteroatoms. The highest BCUT2D eigenvalue weighted by molar-refractivity contribution is 6.06. The molecule has 110 valence electrons. The van der Waals surface area contributed by atoms with Crippen LogP contribution in [0.5, 0.6) is 0 Å². The van der Waals surface area contributed by atoms with E-state index in [9.17, 15) is 4.79 Å². The Bertz CT molecular complexity index is 763. The van der Waals surface area contributed by atoms with Crippen molar-refractivity contribution in [2.45, 2.75) is 31.2 Å². The highest BCUT2D eigenvalue weighted by Crippen LogP contribution is 2.45. The molecule has 4 rings (SSSR count). The highest BCUT2D eigenvalue weighted by atomic mass is 16.1. The summed E-state index contributed by atoms with van der Waals surface area (Å²) < 4.78 is 0. The molecule has 2 aromatic rings. The largest absolute Gasteiger partial charge is 0.291 e. The number of azo groups is 1. The van der Waals surface area contributed by atoms with Crippen LogP contribution in [-0.4, -0.2) is 17.9 Å². The highest BCUT2D eigenvalue weighted by Gasteiger charge is 2.51. The van der Waals surface area contributed by atoms with Crippen LogP contribution < -0.4 is 0 Å². The SMILES string of the molecule is Cc1ccc([C@H]2CN=N[C@@]23CCc2ccccc2C3=O)cc1. The number of fused-ring (bicyclic) bond motifs is 1. The Morgan fingerprint density at radius 2 is 1.86 bits per heavy atom. The summed E-state index contributed by atoms with van der Waals surface area (Å²) in [6, 6.07) is 16.3. The summed E-state index contributed by atoms with van der Waals surface area (Å²) in [5, 5.41) is 8.73. The van der Waals surface area contributed by atoms with Crippen molar-refractivity contribution >= 4 is 5.78 Å². The van der Waals surface area contributed by atoms with E-state index in [0.29, 0.717) is 6.54 Å². The van der Waals surface area contributed by atoms with E-state index in [1.165, 1.54) is 11.1 Å². The normalized spacial score (nSPS) is 26.4. The zero-order valence-electron chi connectivity index (χ0n) is 12.6. The fourth-order valence-electron chi connectivity index (χ4n) is 3.71. The maximum atomic E-state index is 13.1. The number of benzene rings is 2. The third-order valence-electron chi connectivity index (χ3n) is 5.00. The van der Waals surface area contributed by atoms with E-state index < -0.39 is 5.54 Å². The molecule has 2 atom stereocenters. The van der Waals surface area contributed by atoms with Crippen LogP contribution in [0.2, 0.25) is 0 Å². The van der Waals surface area contributed by atoms with E-state index in [1.807, 2.05) is 24.3 Å². The second kappa shape index (κ2) is 4.87. The molecule has 2 aliphatic rings. The number of hydrogen-bond donors (Lipinski definition) is 0. The van der Waals surface area contributed by atoms with Crippen molar-refractivity contribution in [3.05, 3.63) is 70.8 Å². The molecule has 0 fully saturated rings. The van der Waals surface area contributed by atoms with E-state index in [2.05, 4.69) is 41.4 Å². The van der Waals surface area contributed by atoms with Gasteiger partial charge in [-0.15, -0.1) is 0 Å². The van der Waals surface area contributed by atoms with Gasteiger partial charge in [0.25, 0.3) is 0 Å². The average molecular weight is 290 g/mol. The van der Waals surface area contributed by atoms with E-state index in [1.54, 1.807) is 0 Å². The topological polar surface area (TPSA) is 41.8 Å². The van der Waals surface area contributed by atoms with Gasteiger partial charge in [-0.3, -0.25) is 4.79 Å². The molecule has 0 bridgehead atoms. The van der Waals surface area contributed by atoms with Crippen LogP contribution in [-0.2, 0) is 6.42 Å². The van der Waals surface area contributed by atoms with Gasteiger partial charge in [0, 0.05) is 11.5 Å². The minimum atomic E-state index is -0.691. The molecular weight excluding hydrogens is 272 g/mol. The van der Waals surface area contributed by atoms with Crippen LogP contribution in [0.1, 0.15) is 39.4 Å². The lowest BCUT2D eigenvalue weighted by molar-refractivity contribution is 0.0853. The summed E-state index contributed by atoms with van der Waals surface area (Å²) in [6.07, 6.45) is 1.65. The van der Waals surface area contributed by atoms with Crippen LogP contribution in [0.4, 0.5) is 0 Å². The molecule has 1 aliphatic carbocycles. The maximum absolute atomic E-state index is 13.1. The number of hydrogen-bond acceptors (Lipinski definition) is 3. The van der Waals surface area contributed by atoms with Crippen molar-refractivity contribution in [2.24, 2.45) is 10.2 Å². The lowest BCUT2D eigenvalue weighted by Crippen LogP contribution is -2.44. The van der Waals surface area contributed by atoms with Crippen LogP contribution in [0, 0.1) is 6.92 Å². The molecule has 1 aliphatic heterocycles. The summed E-state index contributed by atoms with van der Waals surface area (Å²) >= 11 is 0. The summed E-state index contributed by atoms with van der Waals surface area (Å²) in [4.78, 5) is 13.1. The van der Waals surface area contributed by atoms with Gasteiger partial charge in [-0.2, -0.15) is 10.2 Å². The molecule has 1 heterocycles. The molecule has 3 nitrogen and oxygen atoms in total. The predicted octanol–water partition coefficient (Wildman–Crippen LogP) is 4.11. The molecule has 0 amide bonds. The third kappa shape index (κ3) is 1.85. The average Bonchev–Trinajstić information content (AvgIpc) is 2.97. The molecule has 1 spiro atoms. The van der Waals surface area contributed by atoms with Crippen LogP contribution in [0.25, 0.3) is 0 Å². The van der Waals surface area contributed by atoms with Gasteiger partial charge in [0.2, 0.25) is 0 Å². The second-order valence-electron chi connectivity index (χ2n) is 6.30. The van der Waals surface area contributed by atoms with Crippen molar-refractivity contribution < 1.29 is 4.79 Å². The number of ketones is 1. The smallest absolute Gasteiger partial charge is 0.193 e. The number of carbonyl (C=O) groups excluding carboxylic acids is 1. The Morgan fingerprint density at radius 1 is 1.09 bits per heavy atom. The number of Topliss-reactive ketones (excluding diaryl/α,β-unsaturated/α-hetero) is 1. The first-order valence-electron chi connectivity index (χ1n) is 7.79. The first-order chi connectivity index (χ1) is 10.7. The molecule has 22 heavy (non-hydrogen) atoms. The summed E-state index contributed by atoms with van der Waals surface area (Å²) in [6.45, 7) is 2.68. The predicted molar refractivity (Wildman–Crippen MR) is 85.5 cm³/mol. The molecule has 0 N–H and O–H groups in total. The molecule has 2 aromatic carbocycles. The first-order valence-corrected chi connectivity index (χ1v) is 7.79. The van der Waals surface area contributed by atoms with Gasteiger partial charge in [-0.1, -0.05) is 54.1 Å². The van der Waals surface area contributed by atoms with Gasteiger partial charge in [0.15, 0.2) is 11.3 Å². The minimum Gasteiger partial charge on any atom is -0.291 e. The van der Waals surface area contributed by atoms with Gasteiger partial charge >= 0.3 is 0 Å². The molecule has 0 aromatic heterocycles. The molecule has 0 radical (unpaired) electrons. The number of nitrogens with zero attached hydrogens (tertiary/aromatic N) is 2. The zero-order valence-corrected chi connectivity index (χ0v) is 12.6. The zero-order chi connectivity index (χ0) is 15.2. The Hall–Kier alpha value is -2.29. The molecular formula is C19H18N2O.